The van der Waals surface area contributed by atoms with Crippen LogP contribution in [0.2, 0.25) is 0 Å². The topological polar surface area (TPSA) is 55.1 Å². The molecular weight excluding hydrogens is 236 g/mol. The van der Waals surface area contributed by atoms with Gasteiger partial charge in [-0.3, -0.25) is 4.79 Å². The van der Waals surface area contributed by atoms with Crippen LogP contribution < -0.4 is 11.1 Å². The standard InChI is InChI=1S/C16H28N2O/c1-10(2)3-14(17)15(19)18-16-7-11-4-12(8-16)6-13(5-11)9-16/h10-14H,3-9,17H2,1-2H3,(H,18,19)/t11?,12?,13?,14-,16?/m1/s1. The summed E-state index contributed by atoms with van der Waals surface area (Å²) in [6.07, 6.45) is 8.64. The summed E-state index contributed by atoms with van der Waals surface area (Å²) in [6, 6.07) is -0.326. The van der Waals surface area contributed by atoms with Gasteiger partial charge in [0.15, 0.2) is 0 Å². The molecule has 3 heteroatoms. The molecule has 19 heavy (non-hydrogen) atoms. The fourth-order valence-electron chi connectivity index (χ4n) is 5.23. The monoisotopic (exact) mass is 264 g/mol. The third kappa shape index (κ3) is 2.67. The molecule has 0 aromatic rings. The summed E-state index contributed by atoms with van der Waals surface area (Å²) in [6.45, 7) is 4.25. The predicted molar refractivity (Wildman–Crippen MR) is 76.5 cm³/mol. The van der Waals surface area contributed by atoms with E-state index in [9.17, 15) is 4.79 Å². The molecule has 4 aliphatic carbocycles. The maximum Gasteiger partial charge on any atom is 0.237 e. The Hall–Kier alpha value is -0.570. The average molecular weight is 264 g/mol. The molecule has 0 radical (unpaired) electrons. The quantitative estimate of drug-likeness (QED) is 0.819. The zero-order chi connectivity index (χ0) is 13.6. The lowest BCUT2D eigenvalue weighted by Crippen LogP contribution is -2.62. The van der Waals surface area contributed by atoms with Gasteiger partial charge in [-0.05, 0) is 68.6 Å². The molecule has 0 unspecified atom stereocenters. The van der Waals surface area contributed by atoms with Crippen molar-refractivity contribution in [2.75, 3.05) is 0 Å². The largest absolute Gasteiger partial charge is 0.349 e. The minimum Gasteiger partial charge on any atom is -0.349 e. The third-order valence-electron chi connectivity index (χ3n) is 5.49. The molecule has 0 aliphatic heterocycles. The summed E-state index contributed by atoms with van der Waals surface area (Å²) in [5.74, 6) is 3.18. The molecule has 3 N–H and O–H groups in total. The predicted octanol–water partition coefficient (Wildman–Crippen LogP) is 2.44. The van der Waals surface area contributed by atoms with Gasteiger partial charge < -0.3 is 11.1 Å². The van der Waals surface area contributed by atoms with Crippen LogP contribution in [0.25, 0.3) is 0 Å². The van der Waals surface area contributed by atoms with Crippen LogP contribution in [0.15, 0.2) is 0 Å². The Morgan fingerprint density at radius 1 is 1.16 bits per heavy atom. The smallest absolute Gasteiger partial charge is 0.237 e. The summed E-state index contributed by atoms with van der Waals surface area (Å²) in [5, 5.41) is 3.37. The highest BCUT2D eigenvalue weighted by atomic mass is 16.2. The average Bonchev–Trinajstić information content (AvgIpc) is 2.24. The highest BCUT2D eigenvalue weighted by Crippen LogP contribution is 2.55. The molecule has 4 rings (SSSR count). The fraction of sp³-hybridized carbons (Fsp3) is 0.938. The normalized spacial score (nSPS) is 41.6. The van der Waals surface area contributed by atoms with Crippen molar-refractivity contribution >= 4 is 5.91 Å². The van der Waals surface area contributed by atoms with Gasteiger partial charge in [0.05, 0.1) is 6.04 Å². The maximum atomic E-state index is 12.3. The Labute approximate surface area is 116 Å². The second kappa shape index (κ2) is 4.76. The van der Waals surface area contributed by atoms with Crippen LogP contribution in [0.4, 0.5) is 0 Å². The van der Waals surface area contributed by atoms with E-state index in [0.29, 0.717) is 5.92 Å². The first-order valence-corrected chi connectivity index (χ1v) is 8.03. The van der Waals surface area contributed by atoms with Crippen LogP contribution in [0.1, 0.15) is 58.8 Å². The van der Waals surface area contributed by atoms with Crippen molar-refractivity contribution in [3.8, 4) is 0 Å². The number of carbonyl (C=O) groups excluding carboxylic acids is 1. The van der Waals surface area contributed by atoms with Crippen molar-refractivity contribution < 1.29 is 4.79 Å². The Bertz CT molecular complexity index is 328. The molecule has 4 saturated carbocycles. The van der Waals surface area contributed by atoms with Crippen molar-refractivity contribution in [3.63, 3.8) is 0 Å². The number of amides is 1. The molecule has 1 amide bonds. The molecule has 0 spiro atoms. The van der Waals surface area contributed by atoms with Crippen LogP contribution in [-0.4, -0.2) is 17.5 Å². The molecule has 4 bridgehead atoms. The number of nitrogens with one attached hydrogen (secondary N) is 1. The zero-order valence-electron chi connectivity index (χ0n) is 12.3. The number of hydrogen-bond acceptors (Lipinski definition) is 2. The van der Waals surface area contributed by atoms with Crippen molar-refractivity contribution in [1.82, 2.24) is 5.32 Å². The van der Waals surface area contributed by atoms with Gasteiger partial charge in [-0.25, -0.2) is 0 Å². The summed E-state index contributed by atoms with van der Waals surface area (Å²) in [7, 11) is 0. The summed E-state index contributed by atoms with van der Waals surface area (Å²) >= 11 is 0. The van der Waals surface area contributed by atoms with Gasteiger partial charge in [-0.15, -0.1) is 0 Å². The van der Waals surface area contributed by atoms with E-state index in [1.165, 1.54) is 38.5 Å². The van der Waals surface area contributed by atoms with Gasteiger partial charge >= 0.3 is 0 Å². The Balaban J connectivity index is 1.64. The first-order valence-electron chi connectivity index (χ1n) is 8.03. The molecule has 3 nitrogen and oxygen atoms in total. The first kappa shape index (κ1) is 13.4. The van der Waals surface area contributed by atoms with Gasteiger partial charge in [0.2, 0.25) is 5.91 Å². The Morgan fingerprint density at radius 3 is 2.05 bits per heavy atom. The molecule has 0 saturated heterocycles. The summed E-state index contributed by atoms with van der Waals surface area (Å²) < 4.78 is 0. The minimum absolute atomic E-state index is 0.0932. The van der Waals surface area contributed by atoms with Crippen LogP contribution in [0.5, 0.6) is 0 Å². The molecule has 0 aromatic heterocycles. The SMILES string of the molecule is CC(C)C[C@@H](N)C(=O)NC12CC3CC(CC(C3)C1)C2. The number of rotatable bonds is 4. The molecular formula is C16H28N2O. The Morgan fingerprint density at radius 2 is 1.63 bits per heavy atom. The number of nitrogens with two attached hydrogens (primary N) is 1. The number of hydrogen-bond donors (Lipinski definition) is 2. The first-order chi connectivity index (χ1) is 8.96. The molecule has 4 fully saturated rings. The van der Waals surface area contributed by atoms with Crippen LogP contribution in [-0.2, 0) is 4.79 Å². The number of carbonyl (C=O) groups is 1. The molecule has 0 aromatic carbocycles. The van der Waals surface area contributed by atoms with E-state index in [2.05, 4.69) is 19.2 Å². The van der Waals surface area contributed by atoms with Crippen molar-refractivity contribution in [2.24, 2.45) is 29.4 Å². The van der Waals surface area contributed by atoms with Gasteiger partial charge in [-0.2, -0.15) is 0 Å². The lowest BCUT2D eigenvalue weighted by atomic mass is 9.53. The fourth-order valence-corrected chi connectivity index (χ4v) is 5.23. The summed E-state index contributed by atoms with van der Waals surface area (Å²) in [5.41, 5.74) is 6.15. The lowest BCUT2D eigenvalue weighted by Gasteiger charge is -2.57. The second-order valence-electron chi connectivity index (χ2n) is 7.92. The van der Waals surface area contributed by atoms with E-state index in [-0.39, 0.29) is 17.5 Å². The van der Waals surface area contributed by atoms with E-state index in [4.69, 9.17) is 5.73 Å². The maximum absolute atomic E-state index is 12.3. The molecule has 108 valence electrons. The van der Waals surface area contributed by atoms with Gasteiger partial charge in [0.1, 0.15) is 0 Å². The molecule has 0 heterocycles. The Kier molecular flexibility index (Phi) is 3.36. The zero-order valence-corrected chi connectivity index (χ0v) is 12.3. The van der Waals surface area contributed by atoms with E-state index in [1.54, 1.807) is 0 Å². The van der Waals surface area contributed by atoms with Crippen LogP contribution in [0, 0.1) is 23.7 Å². The van der Waals surface area contributed by atoms with E-state index < -0.39 is 0 Å². The van der Waals surface area contributed by atoms with Gasteiger partial charge in [0.25, 0.3) is 0 Å². The highest BCUT2D eigenvalue weighted by Gasteiger charge is 2.51. The third-order valence-corrected chi connectivity index (χ3v) is 5.49. The molecule has 4 aliphatic rings. The van der Waals surface area contributed by atoms with E-state index >= 15 is 0 Å². The minimum atomic E-state index is -0.326. The van der Waals surface area contributed by atoms with Crippen LogP contribution >= 0.6 is 0 Å². The second-order valence-corrected chi connectivity index (χ2v) is 7.92. The lowest BCUT2D eigenvalue weighted by molar-refractivity contribution is -0.128. The van der Waals surface area contributed by atoms with Gasteiger partial charge in [0, 0.05) is 5.54 Å². The van der Waals surface area contributed by atoms with Crippen molar-refractivity contribution in [1.29, 1.82) is 0 Å². The van der Waals surface area contributed by atoms with Crippen LogP contribution in [0.3, 0.4) is 0 Å². The van der Waals surface area contributed by atoms with E-state index in [1.807, 2.05) is 0 Å². The van der Waals surface area contributed by atoms with Crippen molar-refractivity contribution in [2.45, 2.75) is 70.4 Å². The highest BCUT2D eigenvalue weighted by molar-refractivity contribution is 5.82. The summed E-state index contributed by atoms with van der Waals surface area (Å²) in [4.78, 5) is 12.3. The van der Waals surface area contributed by atoms with Gasteiger partial charge in [-0.1, -0.05) is 13.8 Å². The molecule has 1 atom stereocenters. The van der Waals surface area contributed by atoms with Crippen molar-refractivity contribution in [3.05, 3.63) is 0 Å². The van der Waals surface area contributed by atoms with E-state index in [0.717, 1.165) is 24.2 Å².